The Morgan fingerprint density at radius 2 is 1.86 bits per heavy atom. The lowest BCUT2D eigenvalue weighted by atomic mass is 9.72. The fourth-order valence-electron chi connectivity index (χ4n) is 5.27. The second kappa shape index (κ2) is 7.25. The topological polar surface area (TPSA) is 35.2 Å². The van der Waals surface area contributed by atoms with Gasteiger partial charge in [-0.1, -0.05) is 24.3 Å². The van der Waals surface area contributed by atoms with Gasteiger partial charge in [-0.05, 0) is 68.3 Å². The number of piperidine rings is 2. The Morgan fingerprint density at radius 3 is 2.71 bits per heavy atom. The number of benzene rings is 1. The summed E-state index contributed by atoms with van der Waals surface area (Å²) in [6.45, 7) is 7.88. The number of H-pyrrole nitrogens is 1. The zero-order valence-electron chi connectivity index (χ0n) is 16.8. The molecule has 0 saturated carbocycles. The molecule has 0 radical (unpaired) electrons. The predicted molar refractivity (Wildman–Crippen MR) is 116 cm³/mol. The van der Waals surface area contributed by atoms with E-state index in [-0.39, 0.29) is 0 Å². The van der Waals surface area contributed by atoms with E-state index in [0.717, 1.165) is 31.1 Å². The van der Waals surface area contributed by atoms with Gasteiger partial charge in [-0.15, -0.1) is 0 Å². The number of nitrogens with zero attached hydrogens (tertiary/aromatic N) is 3. The maximum atomic E-state index is 4.74. The second-order valence-electron chi connectivity index (χ2n) is 8.80. The lowest BCUT2D eigenvalue weighted by molar-refractivity contribution is 0.0607. The molecule has 4 heterocycles. The lowest BCUT2D eigenvalue weighted by Crippen LogP contribution is -2.49. The minimum Gasteiger partial charge on any atom is -0.361 e. The SMILES string of the molecule is Cc1cccc(N2CCC3(CCCN(Cc4c[nH]c5ccccc45)C3)CC2)n1. The van der Waals surface area contributed by atoms with Crippen molar-refractivity contribution in [1.29, 1.82) is 0 Å². The normalized spacial score (nSPS) is 20.1. The van der Waals surface area contributed by atoms with E-state index in [1.807, 2.05) is 0 Å². The molecule has 146 valence electrons. The van der Waals surface area contributed by atoms with Crippen molar-refractivity contribution in [2.75, 3.05) is 31.1 Å². The Kier molecular flexibility index (Phi) is 4.59. The zero-order chi connectivity index (χ0) is 19.0. The fraction of sp³-hybridized carbons (Fsp3) is 0.458. The first-order valence-electron chi connectivity index (χ1n) is 10.7. The molecule has 0 atom stereocenters. The van der Waals surface area contributed by atoms with Gasteiger partial charge < -0.3 is 9.88 Å². The van der Waals surface area contributed by atoms with Crippen LogP contribution in [0.4, 0.5) is 5.82 Å². The van der Waals surface area contributed by atoms with Crippen LogP contribution in [0.15, 0.2) is 48.7 Å². The maximum absolute atomic E-state index is 4.74. The third-order valence-electron chi connectivity index (χ3n) is 6.83. The molecule has 0 aliphatic carbocycles. The highest BCUT2D eigenvalue weighted by molar-refractivity contribution is 5.82. The van der Waals surface area contributed by atoms with Crippen LogP contribution in [-0.2, 0) is 6.54 Å². The fourth-order valence-corrected chi connectivity index (χ4v) is 5.27. The number of hydrogen-bond donors (Lipinski definition) is 1. The van der Waals surface area contributed by atoms with Crippen molar-refractivity contribution in [3.63, 3.8) is 0 Å². The van der Waals surface area contributed by atoms with Crippen LogP contribution in [0.2, 0.25) is 0 Å². The quantitative estimate of drug-likeness (QED) is 0.718. The summed E-state index contributed by atoms with van der Waals surface area (Å²) in [7, 11) is 0. The summed E-state index contributed by atoms with van der Waals surface area (Å²) >= 11 is 0. The highest BCUT2D eigenvalue weighted by atomic mass is 15.2. The number of fused-ring (bicyclic) bond motifs is 1. The molecule has 0 unspecified atom stereocenters. The molecule has 0 amide bonds. The van der Waals surface area contributed by atoms with Gasteiger partial charge in [-0.25, -0.2) is 4.98 Å². The Hall–Kier alpha value is -2.33. The molecule has 3 aromatic rings. The molecule has 1 spiro atoms. The number of para-hydroxylation sites is 1. The van der Waals surface area contributed by atoms with Crippen LogP contribution in [0.1, 0.15) is 36.9 Å². The number of nitrogens with one attached hydrogen (secondary N) is 1. The molecular formula is C24H30N4. The van der Waals surface area contributed by atoms with Crippen molar-refractivity contribution in [2.45, 2.75) is 39.2 Å². The van der Waals surface area contributed by atoms with E-state index < -0.39 is 0 Å². The number of pyridine rings is 1. The van der Waals surface area contributed by atoms with E-state index in [2.05, 4.69) is 70.4 Å². The summed E-state index contributed by atoms with van der Waals surface area (Å²) in [5, 5.41) is 1.38. The van der Waals surface area contributed by atoms with Crippen molar-refractivity contribution in [1.82, 2.24) is 14.9 Å². The van der Waals surface area contributed by atoms with E-state index in [1.165, 1.54) is 55.2 Å². The van der Waals surface area contributed by atoms with Crippen LogP contribution in [0.3, 0.4) is 0 Å². The Labute approximate surface area is 167 Å². The monoisotopic (exact) mass is 374 g/mol. The number of anilines is 1. The first-order chi connectivity index (χ1) is 13.7. The van der Waals surface area contributed by atoms with Crippen molar-refractivity contribution in [2.24, 2.45) is 5.41 Å². The summed E-state index contributed by atoms with van der Waals surface area (Å²) in [4.78, 5) is 13.4. The van der Waals surface area contributed by atoms with Gasteiger partial charge >= 0.3 is 0 Å². The Morgan fingerprint density at radius 1 is 1.00 bits per heavy atom. The molecular weight excluding hydrogens is 344 g/mol. The number of aromatic amines is 1. The van der Waals surface area contributed by atoms with Crippen molar-refractivity contribution >= 4 is 16.7 Å². The molecule has 1 aromatic carbocycles. The molecule has 2 aromatic heterocycles. The van der Waals surface area contributed by atoms with Crippen LogP contribution in [-0.4, -0.2) is 41.0 Å². The standard InChI is InChI=1S/C24H30N4/c1-19-6-4-9-23(26-19)28-14-11-24(12-15-28)10-5-13-27(18-24)17-20-16-25-22-8-3-2-7-21(20)22/h2-4,6-9,16,25H,5,10-15,17-18H2,1H3. The van der Waals surface area contributed by atoms with Gasteiger partial charge in [0, 0.05) is 49.0 Å². The average Bonchev–Trinajstić information content (AvgIpc) is 3.12. The third kappa shape index (κ3) is 3.42. The Balaban J connectivity index is 1.26. The largest absolute Gasteiger partial charge is 0.361 e. The van der Waals surface area contributed by atoms with E-state index in [0.29, 0.717) is 5.41 Å². The number of rotatable bonds is 3. The van der Waals surface area contributed by atoms with E-state index in [1.54, 1.807) is 0 Å². The van der Waals surface area contributed by atoms with Crippen LogP contribution in [0, 0.1) is 12.3 Å². The maximum Gasteiger partial charge on any atom is 0.128 e. The zero-order valence-corrected chi connectivity index (χ0v) is 16.8. The van der Waals surface area contributed by atoms with Crippen LogP contribution < -0.4 is 4.90 Å². The molecule has 4 nitrogen and oxygen atoms in total. The minimum absolute atomic E-state index is 0.491. The molecule has 0 bridgehead atoms. The molecule has 2 aliphatic rings. The molecule has 28 heavy (non-hydrogen) atoms. The van der Waals surface area contributed by atoms with Gasteiger partial charge in [0.2, 0.25) is 0 Å². The first-order valence-corrected chi connectivity index (χ1v) is 10.7. The number of likely N-dealkylation sites (tertiary alicyclic amines) is 1. The van der Waals surface area contributed by atoms with Gasteiger partial charge in [0.05, 0.1) is 0 Å². The highest BCUT2D eigenvalue weighted by Crippen LogP contribution is 2.41. The van der Waals surface area contributed by atoms with E-state index in [9.17, 15) is 0 Å². The second-order valence-corrected chi connectivity index (χ2v) is 8.80. The molecule has 2 fully saturated rings. The summed E-state index contributed by atoms with van der Waals surface area (Å²) in [5.74, 6) is 1.15. The van der Waals surface area contributed by atoms with E-state index in [4.69, 9.17) is 4.98 Å². The van der Waals surface area contributed by atoms with Crippen molar-refractivity contribution in [3.8, 4) is 0 Å². The van der Waals surface area contributed by atoms with Gasteiger partial charge in [-0.2, -0.15) is 0 Å². The number of aryl methyl sites for hydroxylation is 1. The summed E-state index contributed by atoms with van der Waals surface area (Å²) < 4.78 is 0. The van der Waals surface area contributed by atoms with Crippen molar-refractivity contribution < 1.29 is 0 Å². The predicted octanol–water partition coefficient (Wildman–Crippen LogP) is 4.75. The summed E-state index contributed by atoms with van der Waals surface area (Å²) in [5.41, 5.74) is 4.29. The van der Waals surface area contributed by atoms with E-state index >= 15 is 0 Å². The van der Waals surface area contributed by atoms with Crippen LogP contribution in [0.25, 0.3) is 10.9 Å². The van der Waals surface area contributed by atoms with Crippen LogP contribution in [0.5, 0.6) is 0 Å². The minimum atomic E-state index is 0.491. The van der Waals surface area contributed by atoms with Gasteiger partial charge in [0.25, 0.3) is 0 Å². The average molecular weight is 375 g/mol. The van der Waals surface area contributed by atoms with Gasteiger partial charge in [0.1, 0.15) is 5.82 Å². The molecule has 4 heteroatoms. The first kappa shape index (κ1) is 17.7. The molecule has 2 aliphatic heterocycles. The Bertz CT molecular complexity index is 952. The molecule has 2 saturated heterocycles. The number of hydrogen-bond acceptors (Lipinski definition) is 3. The van der Waals surface area contributed by atoms with Gasteiger partial charge in [-0.3, -0.25) is 4.90 Å². The molecule has 1 N–H and O–H groups in total. The highest BCUT2D eigenvalue weighted by Gasteiger charge is 2.38. The van der Waals surface area contributed by atoms with Gasteiger partial charge in [0.15, 0.2) is 0 Å². The third-order valence-corrected chi connectivity index (χ3v) is 6.83. The summed E-state index contributed by atoms with van der Waals surface area (Å²) in [6.07, 6.45) is 7.48. The lowest BCUT2D eigenvalue weighted by Gasteiger charge is -2.48. The summed E-state index contributed by atoms with van der Waals surface area (Å²) in [6, 6.07) is 15.0. The van der Waals surface area contributed by atoms with Crippen LogP contribution >= 0.6 is 0 Å². The van der Waals surface area contributed by atoms with Crippen molar-refractivity contribution in [3.05, 3.63) is 59.9 Å². The number of aromatic nitrogens is 2. The smallest absolute Gasteiger partial charge is 0.128 e. The molecule has 5 rings (SSSR count).